The van der Waals surface area contributed by atoms with Crippen LogP contribution in [0.5, 0.6) is 0 Å². The van der Waals surface area contributed by atoms with Gasteiger partial charge in [0.1, 0.15) is 28.4 Å². The van der Waals surface area contributed by atoms with E-state index in [0.717, 1.165) is 16.9 Å². The molecule has 0 fully saturated rings. The number of hydrogen-bond acceptors (Lipinski definition) is 9. The highest BCUT2D eigenvalue weighted by Crippen LogP contribution is 2.29. The van der Waals surface area contributed by atoms with Crippen LogP contribution in [0.1, 0.15) is 27.2 Å². The SMILES string of the molecule is Cc1cccn2c(=O)c3cc(C(=O)Nc4nnc(SCc5ccccc5F)s4)c(=N)n(Cc4ccco4)c3nc12. The lowest BCUT2D eigenvalue weighted by Gasteiger charge is -2.14. The summed E-state index contributed by atoms with van der Waals surface area (Å²) >= 11 is 2.43. The zero-order valence-corrected chi connectivity index (χ0v) is 22.6. The monoisotopic (exact) mass is 573 g/mol. The molecular weight excluding hydrogens is 553 g/mol. The Kier molecular flexibility index (Phi) is 6.74. The predicted octanol–water partition coefficient (Wildman–Crippen LogP) is 4.61. The molecule has 0 aliphatic rings. The number of halogens is 1. The Hall–Kier alpha value is -4.62. The van der Waals surface area contributed by atoms with E-state index in [9.17, 15) is 14.0 Å². The lowest BCUT2D eigenvalue weighted by Crippen LogP contribution is -2.32. The second-order valence-corrected chi connectivity index (χ2v) is 11.0. The summed E-state index contributed by atoms with van der Waals surface area (Å²) in [5.41, 5.74) is 1.49. The fourth-order valence-electron chi connectivity index (χ4n) is 4.22. The molecule has 13 heteroatoms. The Morgan fingerprint density at radius 2 is 2.00 bits per heavy atom. The van der Waals surface area contributed by atoms with Crippen LogP contribution in [0.3, 0.4) is 0 Å². The van der Waals surface area contributed by atoms with E-state index in [1.807, 2.05) is 13.0 Å². The molecule has 1 amide bonds. The van der Waals surface area contributed by atoms with Gasteiger partial charge in [0, 0.05) is 11.9 Å². The third-order valence-corrected chi connectivity index (χ3v) is 8.23. The summed E-state index contributed by atoms with van der Waals surface area (Å²) in [4.78, 5) is 31.6. The van der Waals surface area contributed by atoms with Gasteiger partial charge < -0.3 is 8.98 Å². The van der Waals surface area contributed by atoms with Crippen LogP contribution in [-0.4, -0.2) is 30.1 Å². The fourth-order valence-corrected chi connectivity index (χ4v) is 5.95. The third-order valence-electron chi connectivity index (χ3n) is 6.21. The smallest absolute Gasteiger partial charge is 0.267 e. The van der Waals surface area contributed by atoms with Crippen molar-refractivity contribution in [3.63, 3.8) is 0 Å². The average molecular weight is 574 g/mol. The fraction of sp³-hybridized carbons (Fsp3) is 0.111. The van der Waals surface area contributed by atoms with Gasteiger partial charge in [-0.15, -0.1) is 10.2 Å². The third kappa shape index (κ3) is 4.80. The number of benzene rings is 1. The average Bonchev–Trinajstić information content (AvgIpc) is 3.63. The second kappa shape index (κ2) is 10.5. The minimum Gasteiger partial charge on any atom is -0.467 e. The number of carbonyl (C=O) groups excluding carboxylic acids is 1. The molecule has 0 saturated carbocycles. The number of hydrogen-bond donors (Lipinski definition) is 2. The number of aromatic nitrogens is 5. The molecule has 200 valence electrons. The van der Waals surface area contributed by atoms with Gasteiger partial charge in [0.25, 0.3) is 11.5 Å². The first kappa shape index (κ1) is 25.6. The molecule has 1 aromatic carbocycles. The van der Waals surface area contributed by atoms with E-state index in [1.54, 1.807) is 42.6 Å². The zero-order chi connectivity index (χ0) is 27.8. The number of thioether (sulfide) groups is 1. The van der Waals surface area contributed by atoms with Gasteiger partial charge in [0.15, 0.2) is 4.34 Å². The van der Waals surface area contributed by atoms with Gasteiger partial charge >= 0.3 is 0 Å². The van der Waals surface area contributed by atoms with Crippen molar-refractivity contribution in [2.75, 3.05) is 5.32 Å². The Balaban J connectivity index is 1.36. The van der Waals surface area contributed by atoms with Crippen LogP contribution in [0.15, 0.2) is 80.6 Å². The second-order valence-electron chi connectivity index (χ2n) is 8.82. The molecule has 6 rings (SSSR count). The summed E-state index contributed by atoms with van der Waals surface area (Å²) in [7, 11) is 0. The molecule has 0 spiro atoms. The van der Waals surface area contributed by atoms with Gasteiger partial charge in [-0.25, -0.2) is 9.37 Å². The summed E-state index contributed by atoms with van der Waals surface area (Å²) in [5.74, 6) is -0.0440. The van der Waals surface area contributed by atoms with Gasteiger partial charge in [-0.3, -0.25) is 24.7 Å². The molecule has 0 unspecified atom stereocenters. The molecule has 0 radical (unpaired) electrons. The number of nitrogens with one attached hydrogen (secondary N) is 2. The highest BCUT2D eigenvalue weighted by Gasteiger charge is 2.20. The summed E-state index contributed by atoms with van der Waals surface area (Å²) in [6.07, 6.45) is 3.13. The van der Waals surface area contributed by atoms with Gasteiger partial charge in [0.2, 0.25) is 5.13 Å². The number of amides is 1. The molecular formula is C27H20FN7O3S2. The normalized spacial score (nSPS) is 11.3. The Bertz CT molecular complexity index is 2020. The van der Waals surface area contributed by atoms with Gasteiger partial charge in [-0.05, 0) is 48.4 Å². The standard InChI is InChI=1S/C27H20FN7O3S2/c1-15-6-4-10-34-22(15)30-23-19(25(34)37)12-18(21(29)35(23)13-17-8-5-11-38-17)24(36)31-26-32-33-27(40-26)39-14-16-7-2-3-9-20(16)28/h2-12,29H,13-14H2,1H3,(H,31,32,36). The van der Waals surface area contributed by atoms with Crippen molar-refractivity contribution in [3.05, 3.63) is 111 Å². The van der Waals surface area contributed by atoms with Crippen molar-refractivity contribution < 1.29 is 13.6 Å². The van der Waals surface area contributed by atoms with Crippen LogP contribution in [0, 0.1) is 18.2 Å². The van der Waals surface area contributed by atoms with Crippen molar-refractivity contribution in [1.29, 1.82) is 5.41 Å². The maximum atomic E-state index is 13.9. The van der Waals surface area contributed by atoms with Gasteiger partial charge in [-0.1, -0.05) is 47.4 Å². The van der Waals surface area contributed by atoms with Gasteiger partial charge in [-0.2, -0.15) is 0 Å². The predicted molar refractivity (Wildman–Crippen MR) is 149 cm³/mol. The number of anilines is 1. The molecule has 5 aromatic heterocycles. The lowest BCUT2D eigenvalue weighted by molar-refractivity contribution is 0.102. The Labute approximate surface area is 233 Å². The topological polar surface area (TPSA) is 131 Å². The number of aryl methyl sites for hydroxylation is 1. The largest absolute Gasteiger partial charge is 0.467 e. The molecule has 6 aromatic rings. The van der Waals surface area contributed by atoms with E-state index in [1.165, 1.54) is 39.1 Å². The first-order valence-corrected chi connectivity index (χ1v) is 13.8. The molecule has 0 aliphatic carbocycles. The van der Waals surface area contributed by atoms with Crippen LogP contribution in [-0.2, 0) is 12.3 Å². The van der Waals surface area contributed by atoms with E-state index in [-0.39, 0.29) is 45.1 Å². The van der Waals surface area contributed by atoms with Crippen molar-refractivity contribution >= 4 is 50.8 Å². The Morgan fingerprint density at radius 3 is 2.80 bits per heavy atom. The minimum atomic E-state index is -0.629. The number of pyridine rings is 2. The maximum absolute atomic E-state index is 13.9. The van der Waals surface area contributed by atoms with Crippen LogP contribution >= 0.6 is 23.1 Å². The van der Waals surface area contributed by atoms with Crippen molar-refractivity contribution in [1.82, 2.24) is 24.1 Å². The van der Waals surface area contributed by atoms with Crippen molar-refractivity contribution in [2.24, 2.45) is 0 Å². The number of carbonyl (C=O) groups is 1. The molecule has 0 aliphatic heterocycles. The first-order valence-electron chi connectivity index (χ1n) is 12.0. The summed E-state index contributed by atoms with van der Waals surface area (Å²) < 4.78 is 22.9. The summed E-state index contributed by atoms with van der Waals surface area (Å²) in [6.45, 7) is 1.94. The van der Waals surface area contributed by atoms with E-state index in [0.29, 0.717) is 27.1 Å². The van der Waals surface area contributed by atoms with E-state index in [4.69, 9.17) is 14.8 Å². The van der Waals surface area contributed by atoms with E-state index < -0.39 is 5.91 Å². The molecule has 5 heterocycles. The van der Waals surface area contributed by atoms with Crippen LogP contribution in [0.2, 0.25) is 0 Å². The van der Waals surface area contributed by atoms with Gasteiger partial charge in [0.05, 0.1) is 23.8 Å². The summed E-state index contributed by atoms with van der Waals surface area (Å²) in [5, 5.41) is 20.0. The number of nitrogens with zero attached hydrogens (tertiary/aromatic N) is 5. The number of rotatable bonds is 7. The zero-order valence-electron chi connectivity index (χ0n) is 20.9. The maximum Gasteiger partial charge on any atom is 0.267 e. The van der Waals surface area contributed by atoms with Crippen LogP contribution in [0.25, 0.3) is 16.7 Å². The molecule has 0 atom stereocenters. The molecule has 0 bridgehead atoms. The minimum absolute atomic E-state index is 0.0404. The molecule has 2 N–H and O–H groups in total. The molecule has 0 saturated heterocycles. The summed E-state index contributed by atoms with van der Waals surface area (Å²) in [6, 6.07) is 14.9. The molecule has 10 nitrogen and oxygen atoms in total. The highest BCUT2D eigenvalue weighted by molar-refractivity contribution is 8.00. The van der Waals surface area contributed by atoms with Crippen molar-refractivity contribution in [2.45, 2.75) is 23.6 Å². The number of furan rings is 1. The van der Waals surface area contributed by atoms with Crippen LogP contribution < -0.4 is 16.4 Å². The lowest BCUT2D eigenvalue weighted by atomic mass is 10.2. The number of fused-ring (bicyclic) bond motifs is 2. The van der Waals surface area contributed by atoms with Crippen LogP contribution in [0.4, 0.5) is 9.52 Å². The Morgan fingerprint density at radius 1 is 1.15 bits per heavy atom. The first-order chi connectivity index (χ1) is 19.4. The van der Waals surface area contributed by atoms with Crippen molar-refractivity contribution in [3.8, 4) is 0 Å². The molecule has 40 heavy (non-hydrogen) atoms. The van der Waals surface area contributed by atoms with E-state index >= 15 is 0 Å². The quantitative estimate of drug-likeness (QED) is 0.162. The van der Waals surface area contributed by atoms with E-state index in [2.05, 4.69) is 15.5 Å². The highest BCUT2D eigenvalue weighted by atomic mass is 32.2.